The highest BCUT2D eigenvalue weighted by Gasteiger charge is 2.52. The standard InChI is InChI=1S/C11H15NO/c12-7-13-11-4-8-1-9(5-11)3-10(2-8)6-11/h8-10H,1-6H2. The van der Waals surface area contributed by atoms with Gasteiger partial charge in [0.05, 0.1) is 0 Å². The summed E-state index contributed by atoms with van der Waals surface area (Å²) in [6.07, 6.45) is 9.63. The van der Waals surface area contributed by atoms with Crippen LogP contribution < -0.4 is 0 Å². The van der Waals surface area contributed by atoms with E-state index in [2.05, 4.69) is 0 Å². The number of rotatable bonds is 1. The van der Waals surface area contributed by atoms with Crippen LogP contribution in [0.1, 0.15) is 38.5 Å². The SMILES string of the molecule is N#COC12CC3CC(CC(C3)C1)C2. The van der Waals surface area contributed by atoms with Crippen LogP contribution in [0.2, 0.25) is 0 Å². The molecule has 0 aromatic rings. The molecule has 2 heteroatoms. The van der Waals surface area contributed by atoms with E-state index in [-0.39, 0.29) is 5.60 Å². The summed E-state index contributed by atoms with van der Waals surface area (Å²) >= 11 is 0. The predicted octanol–water partition coefficient (Wildman–Crippen LogP) is 2.45. The lowest BCUT2D eigenvalue weighted by Crippen LogP contribution is -2.51. The maximum absolute atomic E-state index is 8.65. The summed E-state index contributed by atoms with van der Waals surface area (Å²) in [6, 6.07) is 0. The van der Waals surface area contributed by atoms with Crippen molar-refractivity contribution in [1.82, 2.24) is 0 Å². The Morgan fingerprint density at radius 3 is 1.85 bits per heavy atom. The zero-order valence-corrected chi connectivity index (χ0v) is 7.83. The van der Waals surface area contributed by atoms with Crippen LogP contribution in [0.15, 0.2) is 0 Å². The molecule has 0 radical (unpaired) electrons. The zero-order valence-electron chi connectivity index (χ0n) is 7.83. The number of nitrogens with zero attached hydrogens (tertiary/aromatic N) is 1. The van der Waals surface area contributed by atoms with Crippen molar-refractivity contribution in [3.8, 4) is 6.26 Å². The molecule has 0 heterocycles. The summed E-state index contributed by atoms with van der Waals surface area (Å²) in [5.41, 5.74) is -0.0104. The fraction of sp³-hybridized carbons (Fsp3) is 0.909. The second-order valence-corrected chi connectivity index (χ2v) is 5.29. The third kappa shape index (κ3) is 1.06. The van der Waals surface area contributed by atoms with Crippen molar-refractivity contribution in [1.29, 1.82) is 5.26 Å². The van der Waals surface area contributed by atoms with E-state index in [1.807, 2.05) is 6.26 Å². The molecule has 13 heavy (non-hydrogen) atoms. The molecule has 0 amide bonds. The van der Waals surface area contributed by atoms with Gasteiger partial charge < -0.3 is 4.74 Å². The van der Waals surface area contributed by atoms with Crippen molar-refractivity contribution in [3.05, 3.63) is 0 Å². The second-order valence-electron chi connectivity index (χ2n) is 5.29. The Balaban J connectivity index is 1.88. The van der Waals surface area contributed by atoms with Crippen LogP contribution in [0.5, 0.6) is 0 Å². The first-order valence-electron chi connectivity index (χ1n) is 5.37. The highest BCUT2D eigenvalue weighted by molar-refractivity contribution is 5.03. The van der Waals surface area contributed by atoms with Gasteiger partial charge in [0.25, 0.3) is 6.26 Å². The molecule has 0 spiro atoms. The third-order valence-corrected chi connectivity index (χ3v) is 4.24. The predicted molar refractivity (Wildman–Crippen MR) is 47.6 cm³/mol. The minimum atomic E-state index is -0.0104. The van der Waals surface area contributed by atoms with Gasteiger partial charge >= 0.3 is 0 Å². The van der Waals surface area contributed by atoms with Gasteiger partial charge in [-0.1, -0.05) is 0 Å². The molecule has 4 fully saturated rings. The van der Waals surface area contributed by atoms with Crippen LogP contribution >= 0.6 is 0 Å². The van der Waals surface area contributed by atoms with Crippen molar-refractivity contribution in [2.45, 2.75) is 44.1 Å². The van der Waals surface area contributed by atoms with Crippen molar-refractivity contribution >= 4 is 0 Å². The summed E-state index contributed by atoms with van der Waals surface area (Å²) in [5, 5.41) is 8.65. The smallest absolute Gasteiger partial charge is 0.286 e. The van der Waals surface area contributed by atoms with Crippen LogP contribution in [0.4, 0.5) is 0 Å². The van der Waals surface area contributed by atoms with E-state index in [1.165, 1.54) is 19.3 Å². The van der Waals surface area contributed by atoms with E-state index >= 15 is 0 Å². The molecule has 0 unspecified atom stereocenters. The third-order valence-electron chi connectivity index (χ3n) is 4.24. The maximum Gasteiger partial charge on any atom is 0.286 e. The first-order valence-corrected chi connectivity index (χ1v) is 5.37. The van der Waals surface area contributed by atoms with Crippen molar-refractivity contribution in [3.63, 3.8) is 0 Å². The molecule has 4 aliphatic rings. The van der Waals surface area contributed by atoms with Gasteiger partial charge in [0.15, 0.2) is 0 Å². The monoisotopic (exact) mass is 177 g/mol. The van der Waals surface area contributed by atoms with Gasteiger partial charge in [-0.25, -0.2) is 0 Å². The summed E-state index contributed by atoms with van der Waals surface area (Å²) in [5.74, 6) is 2.62. The Kier molecular flexibility index (Phi) is 1.42. The van der Waals surface area contributed by atoms with Crippen LogP contribution in [0.3, 0.4) is 0 Å². The van der Waals surface area contributed by atoms with Gasteiger partial charge in [0, 0.05) is 0 Å². The molecule has 4 bridgehead atoms. The van der Waals surface area contributed by atoms with E-state index < -0.39 is 0 Å². The molecule has 4 saturated carbocycles. The Labute approximate surface area is 78.9 Å². The molecule has 0 aliphatic heterocycles. The Morgan fingerprint density at radius 1 is 1.00 bits per heavy atom. The van der Waals surface area contributed by atoms with Crippen LogP contribution in [-0.2, 0) is 4.74 Å². The average molecular weight is 177 g/mol. The minimum Gasteiger partial charge on any atom is -0.421 e. The first kappa shape index (κ1) is 7.67. The molecule has 0 saturated heterocycles. The van der Waals surface area contributed by atoms with Gasteiger partial charge in [-0.05, 0) is 56.3 Å². The summed E-state index contributed by atoms with van der Waals surface area (Å²) < 4.78 is 5.35. The van der Waals surface area contributed by atoms with Crippen LogP contribution in [0.25, 0.3) is 0 Å². The average Bonchev–Trinajstić information content (AvgIpc) is 2.00. The van der Waals surface area contributed by atoms with E-state index in [9.17, 15) is 0 Å². The van der Waals surface area contributed by atoms with Gasteiger partial charge in [0.1, 0.15) is 5.60 Å². The number of ether oxygens (including phenoxy) is 1. The Morgan fingerprint density at radius 2 is 1.46 bits per heavy atom. The van der Waals surface area contributed by atoms with Crippen molar-refractivity contribution < 1.29 is 4.74 Å². The van der Waals surface area contributed by atoms with E-state index in [0.29, 0.717) is 0 Å². The Hall–Kier alpha value is -0.710. The molecular formula is C11H15NO. The molecule has 2 nitrogen and oxygen atoms in total. The van der Waals surface area contributed by atoms with Crippen molar-refractivity contribution in [2.24, 2.45) is 17.8 Å². The minimum absolute atomic E-state index is 0.0104. The van der Waals surface area contributed by atoms with Gasteiger partial charge in [-0.15, -0.1) is 0 Å². The lowest BCUT2D eigenvalue weighted by atomic mass is 9.54. The van der Waals surface area contributed by atoms with E-state index in [1.54, 1.807) is 0 Å². The Bertz CT molecular complexity index is 230. The van der Waals surface area contributed by atoms with Crippen LogP contribution in [-0.4, -0.2) is 5.60 Å². The molecule has 0 aromatic heterocycles. The molecule has 70 valence electrons. The molecular weight excluding hydrogens is 162 g/mol. The van der Waals surface area contributed by atoms with Crippen LogP contribution in [0, 0.1) is 29.3 Å². The lowest BCUT2D eigenvalue weighted by Gasteiger charge is -2.54. The fourth-order valence-electron chi connectivity index (χ4n) is 4.25. The van der Waals surface area contributed by atoms with Crippen molar-refractivity contribution in [2.75, 3.05) is 0 Å². The number of hydrogen-bond acceptors (Lipinski definition) is 2. The van der Waals surface area contributed by atoms with Gasteiger partial charge in [0.2, 0.25) is 0 Å². The van der Waals surface area contributed by atoms with Gasteiger partial charge in [-0.3, -0.25) is 0 Å². The molecule has 0 N–H and O–H groups in total. The maximum atomic E-state index is 8.65. The normalized spacial score (nSPS) is 51.8. The number of nitriles is 1. The quantitative estimate of drug-likeness (QED) is 0.576. The largest absolute Gasteiger partial charge is 0.421 e. The van der Waals surface area contributed by atoms with Gasteiger partial charge in [-0.2, -0.15) is 5.26 Å². The molecule has 4 aliphatic carbocycles. The summed E-state index contributed by atoms with van der Waals surface area (Å²) in [4.78, 5) is 0. The molecule has 4 rings (SSSR count). The zero-order chi connectivity index (χ0) is 8.89. The van der Waals surface area contributed by atoms with E-state index in [4.69, 9.17) is 10.00 Å². The highest BCUT2D eigenvalue weighted by Crippen LogP contribution is 2.56. The lowest BCUT2D eigenvalue weighted by molar-refractivity contribution is -0.124. The van der Waals surface area contributed by atoms with E-state index in [0.717, 1.165) is 37.0 Å². The second kappa shape index (κ2) is 2.41. The first-order chi connectivity index (χ1) is 6.30. The summed E-state index contributed by atoms with van der Waals surface area (Å²) in [6.45, 7) is 0. The summed E-state index contributed by atoms with van der Waals surface area (Å²) in [7, 11) is 0. The molecule has 0 aromatic carbocycles. The number of hydrogen-bond donors (Lipinski definition) is 0. The topological polar surface area (TPSA) is 33.0 Å². The fourth-order valence-corrected chi connectivity index (χ4v) is 4.25. The molecule has 0 atom stereocenters. The highest BCUT2D eigenvalue weighted by atomic mass is 16.5.